The molecule has 0 spiro atoms. The van der Waals surface area contributed by atoms with Gasteiger partial charge in [-0.3, -0.25) is 9.36 Å². The Morgan fingerprint density at radius 2 is 1.75 bits per heavy atom. The summed E-state index contributed by atoms with van der Waals surface area (Å²) in [6.07, 6.45) is 2.80. The van der Waals surface area contributed by atoms with Gasteiger partial charge >= 0.3 is 0 Å². The maximum Gasteiger partial charge on any atom is 0.263 e. The maximum absolute atomic E-state index is 13.5. The first-order valence-electron chi connectivity index (χ1n) is 10.5. The van der Waals surface area contributed by atoms with Gasteiger partial charge < -0.3 is 4.98 Å². The molecular weight excluding hydrogens is 436 g/mol. The number of para-hydroxylation sites is 1. The highest BCUT2D eigenvalue weighted by Gasteiger charge is 2.18. The molecule has 1 N–H and O–H groups in total. The van der Waals surface area contributed by atoms with Crippen LogP contribution < -0.4 is 5.56 Å². The van der Waals surface area contributed by atoms with E-state index in [-0.39, 0.29) is 5.56 Å². The minimum absolute atomic E-state index is 0.0450. The Hall–Kier alpha value is -3.29. The molecule has 7 heteroatoms. The minimum Gasteiger partial charge on any atom is -0.323 e. The molecule has 2 aromatic carbocycles. The van der Waals surface area contributed by atoms with Crippen LogP contribution in [0.15, 0.2) is 71.7 Å². The zero-order valence-corrected chi connectivity index (χ0v) is 19.5. The summed E-state index contributed by atoms with van der Waals surface area (Å²) >= 11 is 7.20. The van der Waals surface area contributed by atoms with E-state index in [1.54, 1.807) is 15.9 Å². The molecule has 5 nitrogen and oxygen atoms in total. The third-order valence-corrected chi connectivity index (χ3v) is 7.06. The topological polar surface area (TPSA) is 55.6 Å². The Bertz CT molecular complexity index is 1530. The van der Waals surface area contributed by atoms with Crippen molar-refractivity contribution in [3.63, 3.8) is 0 Å². The third kappa shape index (κ3) is 3.53. The van der Waals surface area contributed by atoms with E-state index in [4.69, 9.17) is 17.3 Å². The number of aromatic nitrogens is 4. The van der Waals surface area contributed by atoms with Crippen molar-refractivity contribution in [2.75, 3.05) is 0 Å². The summed E-state index contributed by atoms with van der Waals surface area (Å²) in [6, 6.07) is 20.0. The van der Waals surface area contributed by atoms with Crippen molar-refractivity contribution in [1.82, 2.24) is 19.3 Å². The van der Waals surface area contributed by atoms with Crippen molar-refractivity contribution in [2.24, 2.45) is 0 Å². The standard InChI is InChI=1S/C25H22N4OS2/c1-3-20-16(2)32-23-21(20)24(30)28(25(31)26-23)14-18-15-29(19-12-8-5-9-13-19)27-22(18)17-10-6-4-7-11-17/h4-13,15H,3,14H2,1-2H3,(H,26,31). The summed E-state index contributed by atoms with van der Waals surface area (Å²) in [5, 5.41) is 5.62. The van der Waals surface area contributed by atoms with Gasteiger partial charge in [0.2, 0.25) is 0 Å². The van der Waals surface area contributed by atoms with Crippen LogP contribution in [0.25, 0.3) is 27.2 Å². The van der Waals surface area contributed by atoms with Crippen LogP contribution in [0.5, 0.6) is 0 Å². The molecule has 0 amide bonds. The molecule has 0 saturated heterocycles. The number of rotatable bonds is 5. The van der Waals surface area contributed by atoms with Gasteiger partial charge in [0.25, 0.3) is 5.56 Å². The zero-order chi connectivity index (χ0) is 22.2. The van der Waals surface area contributed by atoms with Crippen molar-refractivity contribution in [2.45, 2.75) is 26.8 Å². The summed E-state index contributed by atoms with van der Waals surface area (Å²) in [7, 11) is 0. The summed E-state index contributed by atoms with van der Waals surface area (Å²) in [5.74, 6) is 0. The number of aryl methyl sites for hydroxylation is 2. The number of hydrogen-bond donors (Lipinski definition) is 1. The lowest BCUT2D eigenvalue weighted by Gasteiger charge is -2.08. The molecule has 0 saturated carbocycles. The zero-order valence-electron chi connectivity index (χ0n) is 17.8. The lowest BCUT2D eigenvalue weighted by Crippen LogP contribution is -2.23. The molecule has 0 fully saturated rings. The van der Waals surface area contributed by atoms with Gasteiger partial charge in [0, 0.05) is 22.2 Å². The molecule has 0 bridgehead atoms. The van der Waals surface area contributed by atoms with E-state index in [0.717, 1.165) is 49.6 Å². The average Bonchev–Trinajstić information content (AvgIpc) is 3.38. The second kappa shape index (κ2) is 8.33. The van der Waals surface area contributed by atoms with Gasteiger partial charge in [-0.1, -0.05) is 55.5 Å². The summed E-state index contributed by atoms with van der Waals surface area (Å²) in [6.45, 7) is 4.48. The normalized spacial score (nSPS) is 11.3. The first kappa shape index (κ1) is 20.6. The second-order valence-corrected chi connectivity index (χ2v) is 9.28. The van der Waals surface area contributed by atoms with E-state index in [1.807, 2.05) is 71.5 Å². The van der Waals surface area contributed by atoms with Crippen molar-refractivity contribution in [3.05, 3.63) is 98.0 Å². The van der Waals surface area contributed by atoms with Crippen LogP contribution in [0.1, 0.15) is 22.9 Å². The third-order valence-electron chi connectivity index (χ3n) is 5.67. The lowest BCUT2D eigenvalue weighted by atomic mass is 10.1. The predicted molar refractivity (Wildman–Crippen MR) is 133 cm³/mol. The van der Waals surface area contributed by atoms with E-state index in [2.05, 4.69) is 18.8 Å². The Morgan fingerprint density at radius 3 is 2.44 bits per heavy atom. The van der Waals surface area contributed by atoms with Crippen LogP contribution in [0, 0.1) is 11.7 Å². The number of benzene rings is 2. The Morgan fingerprint density at radius 1 is 1.06 bits per heavy atom. The van der Waals surface area contributed by atoms with Crippen LogP contribution in [-0.4, -0.2) is 19.3 Å². The van der Waals surface area contributed by atoms with Gasteiger partial charge in [-0.15, -0.1) is 11.3 Å². The number of aromatic amines is 1. The molecule has 32 heavy (non-hydrogen) atoms. The Balaban J connectivity index is 1.69. The van der Waals surface area contributed by atoms with E-state index in [1.165, 1.54) is 0 Å². The van der Waals surface area contributed by atoms with Gasteiger partial charge in [-0.25, -0.2) is 4.68 Å². The Kier molecular flexibility index (Phi) is 5.36. The number of fused-ring (bicyclic) bond motifs is 1. The first-order valence-corrected chi connectivity index (χ1v) is 11.7. The van der Waals surface area contributed by atoms with E-state index < -0.39 is 0 Å². The van der Waals surface area contributed by atoms with Crippen molar-refractivity contribution >= 4 is 33.8 Å². The van der Waals surface area contributed by atoms with Crippen LogP contribution in [0.3, 0.4) is 0 Å². The number of thiophene rings is 1. The van der Waals surface area contributed by atoms with Crippen LogP contribution in [0.2, 0.25) is 0 Å². The molecule has 160 valence electrons. The van der Waals surface area contributed by atoms with Crippen LogP contribution in [0.4, 0.5) is 0 Å². The highest BCUT2D eigenvalue weighted by atomic mass is 32.1. The number of hydrogen-bond acceptors (Lipinski definition) is 4. The lowest BCUT2D eigenvalue weighted by molar-refractivity contribution is 0.735. The Labute approximate surface area is 194 Å². The largest absolute Gasteiger partial charge is 0.323 e. The predicted octanol–water partition coefficient (Wildman–Crippen LogP) is 5.89. The number of H-pyrrole nitrogens is 1. The molecule has 5 rings (SSSR count). The molecule has 0 atom stereocenters. The van der Waals surface area contributed by atoms with Gasteiger partial charge in [0.05, 0.1) is 23.3 Å². The molecule has 0 radical (unpaired) electrons. The quantitative estimate of drug-likeness (QED) is 0.334. The molecule has 0 unspecified atom stereocenters. The fourth-order valence-electron chi connectivity index (χ4n) is 4.10. The minimum atomic E-state index is -0.0450. The van der Waals surface area contributed by atoms with Gasteiger partial charge in [-0.05, 0) is 43.3 Å². The summed E-state index contributed by atoms with van der Waals surface area (Å²) in [4.78, 5) is 18.8. The second-order valence-electron chi connectivity index (χ2n) is 7.67. The van der Waals surface area contributed by atoms with Crippen molar-refractivity contribution in [3.8, 4) is 16.9 Å². The molecule has 0 aliphatic heterocycles. The van der Waals surface area contributed by atoms with E-state index >= 15 is 0 Å². The van der Waals surface area contributed by atoms with E-state index in [0.29, 0.717) is 11.3 Å². The molecule has 0 aliphatic carbocycles. The van der Waals surface area contributed by atoms with Gasteiger partial charge in [0.15, 0.2) is 4.77 Å². The summed E-state index contributed by atoms with van der Waals surface area (Å²) < 4.78 is 3.94. The SMILES string of the molecule is CCc1c(C)sc2[nH]c(=S)n(Cc3cn(-c4ccccc4)nc3-c3ccccc3)c(=O)c12. The highest BCUT2D eigenvalue weighted by molar-refractivity contribution is 7.71. The first-order chi connectivity index (χ1) is 15.6. The number of nitrogens with zero attached hydrogens (tertiary/aromatic N) is 3. The molecule has 0 aliphatic rings. The smallest absolute Gasteiger partial charge is 0.263 e. The number of nitrogens with one attached hydrogen (secondary N) is 1. The van der Waals surface area contributed by atoms with Crippen molar-refractivity contribution in [1.29, 1.82) is 0 Å². The van der Waals surface area contributed by atoms with Crippen molar-refractivity contribution < 1.29 is 0 Å². The molecular formula is C25H22N4OS2. The molecule has 3 heterocycles. The molecule has 5 aromatic rings. The average molecular weight is 459 g/mol. The fraction of sp³-hybridized carbons (Fsp3) is 0.160. The maximum atomic E-state index is 13.5. The monoisotopic (exact) mass is 458 g/mol. The van der Waals surface area contributed by atoms with Gasteiger partial charge in [0.1, 0.15) is 4.83 Å². The highest BCUT2D eigenvalue weighted by Crippen LogP contribution is 2.28. The van der Waals surface area contributed by atoms with E-state index in [9.17, 15) is 4.79 Å². The summed E-state index contributed by atoms with van der Waals surface area (Å²) in [5.41, 5.74) is 4.79. The molecule has 3 aromatic heterocycles. The van der Waals surface area contributed by atoms with Gasteiger partial charge in [-0.2, -0.15) is 5.10 Å². The van der Waals surface area contributed by atoms with Crippen LogP contribution >= 0.6 is 23.6 Å². The fourth-order valence-corrected chi connectivity index (χ4v) is 5.55. The van der Waals surface area contributed by atoms with Crippen LogP contribution in [-0.2, 0) is 13.0 Å².